The molecule has 1 atom stereocenters. The number of fused-ring (bicyclic) bond motifs is 3. The third kappa shape index (κ3) is 6.07. The van der Waals surface area contributed by atoms with E-state index in [1.807, 2.05) is 54.6 Å². The second-order valence-corrected chi connectivity index (χ2v) is 13.4. The van der Waals surface area contributed by atoms with Crippen molar-refractivity contribution in [1.82, 2.24) is 9.88 Å². The van der Waals surface area contributed by atoms with Crippen molar-refractivity contribution in [2.75, 3.05) is 5.32 Å². The van der Waals surface area contributed by atoms with Crippen molar-refractivity contribution < 1.29 is 0 Å². The van der Waals surface area contributed by atoms with E-state index in [1.54, 1.807) is 0 Å². The molecule has 0 saturated carbocycles. The lowest BCUT2D eigenvalue weighted by molar-refractivity contribution is 0.711. The molecule has 1 aliphatic heterocycles. The summed E-state index contributed by atoms with van der Waals surface area (Å²) in [5.74, 6) is 0.838. The SMILES string of the molecule is N#Cc1ccc(C2=CC(c3ccc(C#N)cc3)NC(Nc3ccc(-c4ccc5c6ccccc6n(-c6ccccc6)c5c4)cc3-c3ccccc3)=C2)cc1. The minimum Gasteiger partial charge on any atom is -0.361 e. The number of hydrogen-bond acceptors (Lipinski definition) is 4. The zero-order chi connectivity index (χ0) is 36.4. The molecule has 2 N–H and O–H groups in total. The Morgan fingerprint density at radius 2 is 1.15 bits per heavy atom. The Kier molecular flexibility index (Phi) is 8.29. The number of allylic oxidation sites excluding steroid dienone is 2. The Bertz CT molecular complexity index is 2810. The largest absolute Gasteiger partial charge is 0.361 e. The van der Waals surface area contributed by atoms with Crippen LogP contribution in [0.1, 0.15) is 28.3 Å². The smallest absolute Gasteiger partial charge is 0.104 e. The van der Waals surface area contributed by atoms with E-state index in [2.05, 4.69) is 155 Å². The van der Waals surface area contributed by atoms with Gasteiger partial charge in [0.1, 0.15) is 5.82 Å². The third-order valence-corrected chi connectivity index (χ3v) is 10.1. The van der Waals surface area contributed by atoms with Crippen LogP contribution in [-0.2, 0) is 0 Å². The molecule has 5 heteroatoms. The minimum atomic E-state index is -0.154. The van der Waals surface area contributed by atoms with Crippen molar-refractivity contribution in [1.29, 1.82) is 10.5 Å². The van der Waals surface area contributed by atoms with E-state index >= 15 is 0 Å². The van der Waals surface area contributed by atoms with E-state index in [9.17, 15) is 10.5 Å². The molecule has 0 fully saturated rings. The molecular formula is C49H33N5. The fraction of sp³-hybridized carbons (Fsp3) is 0.0204. The standard InChI is InChI=1S/C49H33N5/c50-31-33-15-19-35(20-16-33)40-28-46(37-21-17-34(32-51)18-22-37)53-49(30-40)52-45-26-24-38(27-44(45)36-9-3-1-4-10-36)39-23-25-43-42-13-7-8-14-47(42)54(48(43)29-39)41-11-5-2-6-12-41/h1-30,46,52-53H. The first-order chi connectivity index (χ1) is 26.6. The number of dihydropyridines is 1. The number of para-hydroxylation sites is 2. The highest BCUT2D eigenvalue weighted by atomic mass is 15.1. The van der Waals surface area contributed by atoms with Crippen LogP contribution < -0.4 is 10.6 Å². The Morgan fingerprint density at radius 1 is 0.537 bits per heavy atom. The predicted octanol–water partition coefficient (Wildman–Crippen LogP) is 11.5. The molecular weight excluding hydrogens is 659 g/mol. The first-order valence-corrected chi connectivity index (χ1v) is 17.9. The van der Waals surface area contributed by atoms with Gasteiger partial charge in [-0.25, -0.2) is 0 Å². The molecule has 1 aromatic heterocycles. The summed E-state index contributed by atoms with van der Waals surface area (Å²) in [6.07, 6.45) is 4.29. The highest BCUT2D eigenvalue weighted by Crippen LogP contribution is 2.38. The van der Waals surface area contributed by atoms with Gasteiger partial charge in [0, 0.05) is 27.7 Å². The zero-order valence-electron chi connectivity index (χ0n) is 29.2. The molecule has 5 nitrogen and oxygen atoms in total. The summed E-state index contributed by atoms with van der Waals surface area (Å²) in [6, 6.07) is 62.6. The maximum absolute atomic E-state index is 9.41. The van der Waals surface area contributed by atoms with E-state index in [0.717, 1.165) is 61.7 Å². The fourth-order valence-corrected chi connectivity index (χ4v) is 7.41. The summed E-state index contributed by atoms with van der Waals surface area (Å²) in [4.78, 5) is 0. The number of rotatable bonds is 7. The van der Waals surface area contributed by atoms with Gasteiger partial charge < -0.3 is 15.2 Å². The van der Waals surface area contributed by atoms with Gasteiger partial charge in [-0.2, -0.15) is 10.5 Å². The van der Waals surface area contributed by atoms with Crippen LogP contribution in [-0.4, -0.2) is 4.57 Å². The first-order valence-electron chi connectivity index (χ1n) is 17.9. The molecule has 0 amide bonds. The molecule has 7 aromatic carbocycles. The maximum atomic E-state index is 9.41. The molecule has 254 valence electrons. The summed E-state index contributed by atoms with van der Waals surface area (Å²) in [6.45, 7) is 0. The molecule has 0 bridgehead atoms. The van der Waals surface area contributed by atoms with Crippen LogP contribution >= 0.6 is 0 Å². The van der Waals surface area contributed by atoms with E-state index in [4.69, 9.17) is 0 Å². The second-order valence-electron chi connectivity index (χ2n) is 13.4. The average Bonchev–Trinajstić information content (AvgIpc) is 3.58. The van der Waals surface area contributed by atoms with E-state index < -0.39 is 0 Å². The number of anilines is 1. The predicted molar refractivity (Wildman–Crippen MR) is 220 cm³/mol. The lowest BCUT2D eigenvalue weighted by Crippen LogP contribution is -2.27. The van der Waals surface area contributed by atoms with Crippen LogP contribution in [0.15, 0.2) is 188 Å². The number of nitriles is 2. The highest BCUT2D eigenvalue weighted by Gasteiger charge is 2.20. The lowest BCUT2D eigenvalue weighted by Gasteiger charge is -2.27. The lowest BCUT2D eigenvalue weighted by atomic mass is 9.94. The number of aromatic nitrogens is 1. The summed E-state index contributed by atoms with van der Waals surface area (Å²) >= 11 is 0. The molecule has 0 spiro atoms. The normalized spacial score (nSPS) is 13.7. The monoisotopic (exact) mass is 691 g/mol. The molecule has 0 radical (unpaired) electrons. The van der Waals surface area contributed by atoms with Crippen molar-refractivity contribution in [2.24, 2.45) is 0 Å². The molecule has 2 heterocycles. The van der Waals surface area contributed by atoms with E-state index in [-0.39, 0.29) is 6.04 Å². The van der Waals surface area contributed by atoms with Gasteiger partial charge in [0.05, 0.1) is 40.3 Å². The van der Waals surface area contributed by atoms with Crippen LogP contribution in [0, 0.1) is 22.7 Å². The van der Waals surface area contributed by atoms with Crippen LogP contribution in [0.5, 0.6) is 0 Å². The molecule has 1 unspecified atom stereocenters. The van der Waals surface area contributed by atoms with Gasteiger partial charge in [-0.05, 0) is 106 Å². The van der Waals surface area contributed by atoms with Gasteiger partial charge in [0.2, 0.25) is 0 Å². The number of benzene rings is 7. The number of nitrogens with one attached hydrogen (secondary N) is 2. The van der Waals surface area contributed by atoms with Gasteiger partial charge >= 0.3 is 0 Å². The summed E-state index contributed by atoms with van der Waals surface area (Å²) < 4.78 is 2.35. The van der Waals surface area contributed by atoms with Crippen molar-refractivity contribution in [3.05, 3.63) is 210 Å². The van der Waals surface area contributed by atoms with Gasteiger partial charge in [0.15, 0.2) is 0 Å². The van der Waals surface area contributed by atoms with Gasteiger partial charge in [-0.1, -0.05) is 109 Å². The number of nitrogens with zero attached hydrogens (tertiary/aromatic N) is 3. The van der Waals surface area contributed by atoms with Crippen LogP contribution in [0.2, 0.25) is 0 Å². The van der Waals surface area contributed by atoms with Crippen LogP contribution in [0.25, 0.3) is 55.3 Å². The van der Waals surface area contributed by atoms with Gasteiger partial charge in [-0.3, -0.25) is 0 Å². The molecule has 9 rings (SSSR count). The maximum Gasteiger partial charge on any atom is 0.104 e. The van der Waals surface area contributed by atoms with Gasteiger partial charge in [-0.15, -0.1) is 0 Å². The Hall–Kier alpha value is -7.60. The topological polar surface area (TPSA) is 76.6 Å². The Morgan fingerprint density at radius 3 is 1.89 bits per heavy atom. The summed E-state index contributed by atoms with van der Waals surface area (Å²) in [7, 11) is 0. The highest BCUT2D eigenvalue weighted by molar-refractivity contribution is 6.10. The molecule has 8 aromatic rings. The van der Waals surface area contributed by atoms with Crippen LogP contribution in [0.3, 0.4) is 0 Å². The van der Waals surface area contributed by atoms with Crippen molar-refractivity contribution in [2.45, 2.75) is 6.04 Å². The number of hydrogen-bond donors (Lipinski definition) is 2. The van der Waals surface area contributed by atoms with E-state index in [1.165, 1.54) is 16.3 Å². The van der Waals surface area contributed by atoms with Crippen molar-refractivity contribution in [3.8, 4) is 40.1 Å². The molecule has 1 aliphatic rings. The zero-order valence-corrected chi connectivity index (χ0v) is 29.2. The molecule has 54 heavy (non-hydrogen) atoms. The van der Waals surface area contributed by atoms with Crippen molar-refractivity contribution >= 4 is 33.1 Å². The Balaban J connectivity index is 1.13. The summed E-state index contributed by atoms with van der Waals surface area (Å²) in [5.41, 5.74) is 13.2. The summed E-state index contributed by atoms with van der Waals surface area (Å²) in [5, 5.41) is 28.7. The third-order valence-electron chi connectivity index (χ3n) is 10.1. The minimum absolute atomic E-state index is 0.154. The average molecular weight is 692 g/mol. The second kappa shape index (κ2) is 13.8. The quantitative estimate of drug-likeness (QED) is 0.174. The molecule has 0 aliphatic carbocycles. The van der Waals surface area contributed by atoms with Gasteiger partial charge in [0.25, 0.3) is 0 Å². The van der Waals surface area contributed by atoms with E-state index in [0.29, 0.717) is 11.1 Å². The Labute approximate surface area is 314 Å². The fourth-order valence-electron chi connectivity index (χ4n) is 7.41. The molecule has 0 saturated heterocycles. The first kappa shape index (κ1) is 32.3. The van der Waals surface area contributed by atoms with Crippen LogP contribution in [0.4, 0.5) is 5.69 Å². The van der Waals surface area contributed by atoms with Crippen molar-refractivity contribution in [3.63, 3.8) is 0 Å².